The third-order valence-corrected chi connectivity index (χ3v) is 4.42. The summed E-state index contributed by atoms with van der Waals surface area (Å²) in [6.07, 6.45) is 4.77. The van der Waals surface area contributed by atoms with Gasteiger partial charge in [0.15, 0.2) is 11.6 Å². The highest BCUT2D eigenvalue weighted by Crippen LogP contribution is 2.36. The summed E-state index contributed by atoms with van der Waals surface area (Å²) < 4.78 is 5.52. The predicted molar refractivity (Wildman–Crippen MR) is 104 cm³/mol. The number of nitrogens with zero attached hydrogens (tertiary/aromatic N) is 1. The fourth-order valence-corrected chi connectivity index (χ4v) is 2.98. The van der Waals surface area contributed by atoms with Gasteiger partial charge in [0, 0.05) is 24.4 Å². The van der Waals surface area contributed by atoms with Gasteiger partial charge in [-0.3, -0.25) is 14.6 Å². The molecule has 0 spiro atoms. The summed E-state index contributed by atoms with van der Waals surface area (Å²) in [5.41, 5.74) is 0.498. The number of hydrogen-bond donors (Lipinski definition) is 2. The first-order valence-corrected chi connectivity index (χ1v) is 8.89. The first-order chi connectivity index (χ1) is 13.8. The molecule has 29 heavy (non-hydrogen) atoms. The van der Waals surface area contributed by atoms with E-state index in [9.17, 15) is 24.6 Å². The van der Waals surface area contributed by atoms with E-state index in [1.165, 1.54) is 18.5 Å². The molecule has 0 fully saturated rings. The maximum absolute atomic E-state index is 13.0. The van der Waals surface area contributed by atoms with Gasteiger partial charge in [-0.1, -0.05) is 11.6 Å². The Kier molecular flexibility index (Phi) is 5.59. The first-order valence-electron chi connectivity index (χ1n) is 8.89. The van der Waals surface area contributed by atoms with Gasteiger partial charge < -0.3 is 14.9 Å². The van der Waals surface area contributed by atoms with Gasteiger partial charge in [-0.05, 0) is 44.2 Å². The van der Waals surface area contributed by atoms with Crippen molar-refractivity contribution in [2.75, 3.05) is 0 Å². The van der Waals surface area contributed by atoms with Crippen molar-refractivity contribution < 1.29 is 29.3 Å². The number of allylic oxidation sites excluding steroid dienone is 2. The molecule has 7 nitrogen and oxygen atoms in total. The maximum atomic E-state index is 13.0. The molecule has 148 valence electrons. The van der Waals surface area contributed by atoms with Crippen LogP contribution >= 0.6 is 0 Å². The Labute approximate surface area is 167 Å². The van der Waals surface area contributed by atoms with Crippen molar-refractivity contribution in [3.8, 4) is 11.5 Å². The van der Waals surface area contributed by atoms with E-state index in [-0.39, 0.29) is 28.7 Å². The number of aromatic nitrogens is 1. The minimum atomic E-state index is -1.05. The molecule has 1 unspecified atom stereocenters. The van der Waals surface area contributed by atoms with Crippen molar-refractivity contribution in [2.24, 2.45) is 0 Å². The molecule has 2 aromatic rings. The van der Waals surface area contributed by atoms with Gasteiger partial charge in [0.1, 0.15) is 17.6 Å². The van der Waals surface area contributed by atoms with E-state index < -0.39 is 35.1 Å². The van der Waals surface area contributed by atoms with Crippen LogP contribution in [0.4, 0.5) is 0 Å². The fourth-order valence-electron chi connectivity index (χ4n) is 2.98. The highest BCUT2D eigenvalue weighted by Gasteiger charge is 2.35. The lowest BCUT2D eigenvalue weighted by molar-refractivity contribution is 0.0372. The predicted octanol–water partition coefficient (Wildman–Crippen LogP) is 3.38. The smallest absolute Gasteiger partial charge is 0.340 e. The molecule has 0 saturated heterocycles. The van der Waals surface area contributed by atoms with Gasteiger partial charge in [-0.25, -0.2) is 4.79 Å². The largest absolute Gasteiger partial charge is 0.507 e. The molecule has 0 radical (unpaired) electrons. The van der Waals surface area contributed by atoms with Crippen molar-refractivity contribution in [1.82, 2.24) is 4.98 Å². The van der Waals surface area contributed by atoms with Gasteiger partial charge in [0.25, 0.3) is 0 Å². The molecular formula is C22H19NO6. The van der Waals surface area contributed by atoms with E-state index in [0.717, 1.165) is 23.8 Å². The number of pyridine rings is 1. The summed E-state index contributed by atoms with van der Waals surface area (Å²) in [5, 5.41) is 20.1. The summed E-state index contributed by atoms with van der Waals surface area (Å²) in [7, 11) is 0. The van der Waals surface area contributed by atoms with E-state index in [1.54, 1.807) is 12.1 Å². The SMILES string of the molecule is CC(C)=CCC(OC(=O)c1cccnc1)C1=CC(=O)c2c(O)ccc(O)c2C1=O. The van der Waals surface area contributed by atoms with Crippen LogP contribution in [0.1, 0.15) is 51.3 Å². The average molecular weight is 393 g/mol. The molecule has 0 amide bonds. The van der Waals surface area contributed by atoms with Gasteiger partial charge in [0.2, 0.25) is 0 Å². The number of hydrogen-bond acceptors (Lipinski definition) is 7. The number of fused-ring (bicyclic) bond motifs is 1. The molecule has 1 aliphatic rings. The summed E-state index contributed by atoms with van der Waals surface area (Å²) >= 11 is 0. The molecule has 0 saturated carbocycles. The summed E-state index contributed by atoms with van der Waals surface area (Å²) in [4.78, 5) is 41.9. The lowest BCUT2D eigenvalue weighted by Crippen LogP contribution is -2.29. The Hall–Kier alpha value is -3.74. The first kappa shape index (κ1) is 20.0. The average Bonchev–Trinajstić information content (AvgIpc) is 2.70. The second-order valence-corrected chi connectivity index (χ2v) is 6.80. The molecule has 2 N–H and O–H groups in total. The summed E-state index contributed by atoms with van der Waals surface area (Å²) in [5.74, 6) is -2.86. The van der Waals surface area contributed by atoms with E-state index in [1.807, 2.05) is 13.8 Å². The number of Topliss-reactive ketones (excluding diaryl/α,β-unsaturated/α-hetero) is 1. The zero-order valence-corrected chi connectivity index (χ0v) is 15.9. The topological polar surface area (TPSA) is 114 Å². The molecule has 3 rings (SSSR count). The van der Waals surface area contributed by atoms with Crippen molar-refractivity contribution in [2.45, 2.75) is 26.4 Å². The highest BCUT2D eigenvalue weighted by atomic mass is 16.5. The third-order valence-electron chi connectivity index (χ3n) is 4.42. The Morgan fingerprint density at radius 2 is 1.83 bits per heavy atom. The number of carbonyl (C=O) groups is 3. The van der Waals surface area contributed by atoms with Crippen molar-refractivity contribution >= 4 is 17.5 Å². The minimum absolute atomic E-state index is 0.0712. The van der Waals surface area contributed by atoms with E-state index in [0.29, 0.717) is 0 Å². The molecule has 1 heterocycles. The van der Waals surface area contributed by atoms with Crippen LogP contribution in [0.15, 0.2) is 60.0 Å². The molecule has 1 aromatic heterocycles. The standard InChI is InChI=1S/C22H19NO6/c1-12(2)5-8-18(29-22(28)13-4-3-9-23-11-13)14-10-17(26)19-15(24)6-7-16(25)20(19)21(14)27/h3-7,9-11,18,24-25H,8H2,1-2H3. The number of ketones is 2. The minimum Gasteiger partial charge on any atom is -0.507 e. The Balaban J connectivity index is 2.01. The van der Waals surface area contributed by atoms with Crippen LogP contribution in [0.25, 0.3) is 0 Å². The maximum Gasteiger partial charge on any atom is 0.340 e. The number of carbonyl (C=O) groups excluding carboxylic acids is 3. The highest BCUT2D eigenvalue weighted by molar-refractivity contribution is 6.27. The van der Waals surface area contributed by atoms with E-state index in [2.05, 4.69) is 4.98 Å². The number of ether oxygens (including phenoxy) is 1. The van der Waals surface area contributed by atoms with Crippen LogP contribution in [0.2, 0.25) is 0 Å². The number of esters is 1. The van der Waals surface area contributed by atoms with Crippen LogP contribution in [-0.2, 0) is 4.74 Å². The summed E-state index contributed by atoms with van der Waals surface area (Å²) in [6, 6.07) is 5.37. The van der Waals surface area contributed by atoms with Gasteiger partial charge in [-0.2, -0.15) is 0 Å². The second kappa shape index (κ2) is 8.10. The van der Waals surface area contributed by atoms with E-state index in [4.69, 9.17) is 4.74 Å². The van der Waals surface area contributed by atoms with Crippen molar-refractivity contribution in [3.05, 3.63) is 76.6 Å². The lowest BCUT2D eigenvalue weighted by Gasteiger charge is -2.23. The summed E-state index contributed by atoms with van der Waals surface area (Å²) in [6.45, 7) is 3.70. The number of phenols is 2. The Morgan fingerprint density at radius 1 is 1.14 bits per heavy atom. The number of rotatable bonds is 5. The van der Waals surface area contributed by atoms with Crippen LogP contribution in [-0.4, -0.2) is 38.8 Å². The quantitative estimate of drug-likeness (QED) is 0.455. The molecular weight excluding hydrogens is 374 g/mol. The third kappa shape index (κ3) is 4.08. The Bertz CT molecular complexity index is 1050. The molecule has 7 heteroatoms. The second-order valence-electron chi connectivity index (χ2n) is 6.80. The Morgan fingerprint density at radius 3 is 2.45 bits per heavy atom. The van der Waals surface area contributed by atoms with Crippen molar-refractivity contribution in [3.63, 3.8) is 0 Å². The van der Waals surface area contributed by atoms with E-state index >= 15 is 0 Å². The number of aromatic hydroxyl groups is 2. The van der Waals surface area contributed by atoms with Crippen LogP contribution in [0.3, 0.4) is 0 Å². The lowest BCUT2D eigenvalue weighted by atomic mass is 9.85. The molecule has 1 aliphatic carbocycles. The van der Waals surface area contributed by atoms with Crippen LogP contribution in [0, 0.1) is 0 Å². The molecule has 1 atom stereocenters. The zero-order valence-electron chi connectivity index (χ0n) is 15.9. The number of benzene rings is 1. The molecule has 0 aliphatic heterocycles. The molecule has 0 bridgehead atoms. The number of phenolic OH excluding ortho intramolecular Hbond substituents is 2. The zero-order chi connectivity index (χ0) is 21.1. The van der Waals surface area contributed by atoms with Gasteiger partial charge >= 0.3 is 5.97 Å². The van der Waals surface area contributed by atoms with Crippen LogP contribution < -0.4 is 0 Å². The van der Waals surface area contributed by atoms with Crippen molar-refractivity contribution in [1.29, 1.82) is 0 Å². The van der Waals surface area contributed by atoms with Gasteiger partial charge in [-0.15, -0.1) is 0 Å². The normalized spacial score (nSPS) is 13.9. The van der Waals surface area contributed by atoms with Crippen LogP contribution in [0.5, 0.6) is 11.5 Å². The molecule has 1 aromatic carbocycles. The monoisotopic (exact) mass is 393 g/mol. The fraction of sp³-hybridized carbons (Fsp3) is 0.182. The van der Waals surface area contributed by atoms with Gasteiger partial charge in [0.05, 0.1) is 16.7 Å².